The molecule has 12 heteroatoms. The van der Waals surface area contributed by atoms with E-state index < -0.39 is 47.9 Å². The minimum absolute atomic E-state index is 0.00834. The average molecular weight is 468 g/mol. The van der Waals surface area contributed by atoms with Crippen molar-refractivity contribution in [2.45, 2.75) is 77.0 Å². The Bertz CT molecular complexity index is 769. The number of aliphatic carboxylic acids is 1. The number of carbonyl (C=O) groups excluding carboxylic acids is 3. The predicted octanol–water partition coefficient (Wildman–Crippen LogP) is -0.986. The highest BCUT2D eigenvalue weighted by Crippen LogP contribution is 2.11. The van der Waals surface area contributed by atoms with Crippen LogP contribution in [0.2, 0.25) is 0 Å². The highest BCUT2D eigenvalue weighted by atomic mass is 16.4. The number of imidazole rings is 1. The van der Waals surface area contributed by atoms with Crippen molar-refractivity contribution < 1.29 is 24.3 Å². The second kappa shape index (κ2) is 14.2. The molecule has 0 aliphatic rings. The predicted molar refractivity (Wildman–Crippen MR) is 122 cm³/mol. The third-order valence-electron chi connectivity index (χ3n) is 5.38. The monoisotopic (exact) mass is 467 g/mol. The van der Waals surface area contributed by atoms with Crippen LogP contribution in [0.1, 0.15) is 52.1 Å². The number of amides is 3. The molecule has 0 aromatic carbocycles. The molecule has 0 saturated carbocycles. The Morgan fingerprint density at radius 3 is 2.24 bits per heavy atom. The molecule has 1 rings (SSSR count). The van der Waals surface area contributed by atoms with Crippen LogP contribution in [0.15, 0.2) is 12.5 Å². The van der Waals surface area contributed by atoms with Crippen molar-refractivity contribution in [1.82, 2.24) is 25.9 Å². The molecule has 33 heavy (non-hydrogen) atoms. The number of nitrogens with zero attached hydrogens (tertiary/aromatic N) is 1. The van der Waals surface area contributed by atoms with Crippen LogP contribution in [-0.2, 0) is 25.6 Å². The normalized spacial score (nSPS) is 15.5. The van der Waals surface area contributed by atoms with E-state index in [9.17, 15) is 24.3 Å². The fraction of sp³-hybridized carbons (Fsp3) is 0.667. The fourth-order valence-electron chi connectivity index (χ4n) is 3.10. The lowest BCUT2D eigenvalue weighted by Gasteiger charge is -2.28. The zero-order valence-corrected chi connectivity index (χ0v) is 19.5. The Morgan fingerprint density at radius 1 is 1.06 bits per heavy atom. The third kappa shape index (κ3) is 9.58. The van der Waals surface area contributed by atoms with E-state index in [1.54, 1.807) is 6.92 Å². The largest absolute Gasteiger partial charge is 0.480 e. The summed E-state index contributed by atoms with van der Waals surface area (Å²) in [6.07, 6.45) is 5.05. The SMILES string of the molecule is CCC(C)C(NC(=O)C(CCCCN)NC(=O)C(C)N)C(=O)NC(Cc1cnc[nH]1)C(=O)O. The molecule has 1 aromatic rings. The van der Waals surface area contributed by atoms with Gasteiger partial charge in [0.05, 0.1) is 12.4 Å². The number of rotatable bonds is 15. The zero-order valence-electron chi connectivity index (χ0n) is 19.5. The molecule has 0 radical (unpaired) electrons. The number of nitrogens with one attached hydrogen (secondary N) is 4. The molecule has 1 aromatic heterocycles. The lowest BCUT2D eigenvalue weighted by Crippen LogP contribution is -2.58. The van der Waals surface area contributed by atoms with E-state index in [0.717, 1.165) is 0 Å². The van der Waals surface area contributed by atoms with Crippen molar-refractivity contribution in [1.29, 1.82) is 0 Å². The minimum Gasteiger partial charge on any atom is -0.480 e. The molecule has 5 unspecified atom stereocenters. The molecule has 0 aliphatic heterocycles. The maximum absolute atomic E-state index is 13.0. The number of H-pyrrole nitrogens is 1. The van der Waals surface area contributed by atoms with E-state index in [-0.39, 0.29) is 12.3 Å². The fourth-order valence-corrected chi connectivity index (χ4v) is 3.10. The Hall–Kier alpha value is -2.99. The number of aromatic amines is 1. The van der Waals surface area contributed by atoms with Crippen LogP contribution < -0.4 is 27.4 Å². The van der Waals surface area contributed by atoms with Crippen molar-refractivity contribution in [3.05, 3.63) is 18.2 Å². The lowest BCUT2D eigenvalue weighted by atomic mass is 9.96. The lowest BCUT2D eigenvalue weighted by molar-refractivity contribution is -0.142. The van der Waals surface area contributed by atoms with E-state index in [1.165, 1.54) is 19.4 Å². The Labute approximate surface area is 193 Å². The standard InChI is InChI=1S/C21H37N7O5/c1-4-12(2)17(20(31)27-16(21(32)33)9-14-10-24-11-25-14)28-19(30)15(7-5-6-8-22)26-18(29)13(3)23/h10-13,15-17H,4-9,22-23H2,1-3H3,(H,24,25)(H,26,29)(H,27,31)(H,28,30)(H,32,33). The van der Waals surface area contributed by atoms with Crippen LogP contribution in [0.25, 0.3) is 0 Å². The van der Waals surface area contributed by atoms with Gasteiger partial charge >= 0.3 is 5.97 Å². The molecule has 0 saturated heterocycles. The topological polar surface area (TPSA) is 205 Å². The zero-order chi connectivity index (χ0) is 25.0. The summed E-state index contributed by atoms with van der Waals surface area (Å²) in [4.78, 5) is 56.4. The molecule has 0 bridgehead atoms. The first-order valence-corrected chi connectivity index (χ1v) is 11.2. The van der Waals surface area contributed by atoms with Crippen molar-refractivity contribution >= 4 is 23.7 Å². The number of hydrogen-bond acceptors (Lipinski definition) is 7. The van der Waals surface area contributed by atoms with Gasteiger partial charge in [-0.25, -0.2) is 9.78 Å². The molecule has 9 N–H and O–H groups in total. The maximum Gasteiger partial charge on any atom is 0.326 e. The first kappa shape index (κ1) is 28.0. The van der Waals surface area contributed by atoms with Crippen molar-refractivity contribution in [2.24, 2.45) is 17.4 Å². The second-order valence-electron chi connectivity index (χ2n) is 8.19. The van der Waals surface area contributed by atoms with Crippen molar-refractivity contribution in [3.63, 3.8) is 0 Å². The summed E-state index contributed by atoms with van der Waals surface area (Å²) < 4.78 is 0. The Morgan fingerprint density at radius 2 is 1.73 bits per heavy atom. The van der Waals surface area contributed by atoms with E-state index in [4.69, 9.17) is 11.5 Å². The maximum atomic E-state index is 13.0. The van der Waals surface area contributed by atoms with Gasteiger partial charge in [0, 0.05) is 18.3 Å². The molecular formula is C21H37N7O5. The molecule has 0 fully saturated rings. The van der Waals surface area contributed by atoms with Crippen LogP contribution in [0, 0.1) is 5.92 Å². The van der Waals surface area contributed by atoms with Crippen LogP contribution in [0.3, 0.4) is 0 Å². The minimum atomic E-state index is -1.21. The van der Waals surface area contributed by atoms with Gasteiger partial charge in [0.15, 0.2) is 0 Å². The molecular weight excluding hydrogens is 430 g/mol. The Balaban J connectivity index is 2.96. The first-order valence-electron chi connectivity index (χ1n) is 11.2. The van der Waals surface area contributed by atoms with Gasteiger partial charge in [0.2, 0.25) is 17.7 Å². The van der Waals surface area contributed by atoms with Gasteiger partial charge in [-0.05, 0) is 38.6 Å². The highest BCUT2D eigenvalue weighted by molar-refractivity contribution is 5.94. The summed E-state index contributed by atoms with van der Waals surface area (Å²) in [5, 5.41) is 17.3. The van der Waals surface area contributed by atoms with E-state index >= 15 is 0 Å². The van der Waals surface area contributed by atoms with Gasteiger partial charge in [0.25, 0.3) is 0 Å². The molecule has 3 amide bonds. The summed E-state index contributed by atoms with van der Waals surface area (Å²) in [5.74, 6) is -3.15. The Kier molecular flexibility index (Phi) is 12.1. The van der Waals surface area contributed by atoms with E-state index in [0.29, 0.717) is 37.9 Å². The van der Waals surface area contributed by atoms with Gasteiger partial charge in [-0.3, -0.25) is 14.4 Å². The average Bonchev–Trinajstić information content (AvgIpc) is 3.28. The summed E-state index contributed by atoms with van der Waals surface area (Å²) in [6.45, 7) is 5.58. The van der Waals surface area contributed by atoms with Crippen LogP contribution >= 0.6 is 0 Å². The second-order valence-corrected chi connectivity index (χ2v) is 8.19. The van der Waals surface area contributed by atoms with Gasteiger partial charge in [-0.2, -0.15) is 0 Å². The smallest absolute Gasteiger partial charge is 0.326 e. The van der Waals surface area contributed by atoms with Crippen molar-refractivity contribution in [3.8, 4) is 0 Å². The van der Waals surface area contributed by atoms with Gasteiger partial charge in [0.1, 0.15) is 18.1 Å². The van der Waals surface area contributed by atoms with E-state index in [1.807, 2.05) is 6.92 Å². The molecule has 0 aliphatic carbocycles. The third-order valence-corrected chi connectivity index (χ3v) is 5.38. The highest BCUT2D eigenvalue weighted by Gasteiger charge is 2.32. The van der Waals surface area contributed by atoms with Gasteiger partial charge < -0.3 is 37.5 Å². The molecule has 0 spiro atoms. The van der Waals surface area contributed by atoms with Gasteiger partial charge in [-0.1, -0.05) is 20.3 Å². The summed E-state index contributed by atoms with van der Waals surface area (Å²) in [5.41, 5.74) is 11.7. The number of carboxylic acid groups (broad SMARTS) is 1. The summed E-state index contributed by atoms with van der Waals surface area (Å²) in [6, 6.07) is -3.90. The van der Waals surface area contributed by atoms with E-state index in [2.05, 4.69) is 25.9 Å². The van der Waals surface area contributed by atoms with Crippen LogP contribution in [0.4, 0.5) is 0 Å². The molecule has 1 heterocycles. The van der Waals surface area contributed by atoms with Gasteiger partial charge in [-0.15, -0.1) is 0 Å². The number of nitrogens with two attached hydrogens (primary N) is 2. The number of carbonyl (C=O) groups is 4. The number of carboxylic acids is 1. The van der Waals surface area contributed by atoms with Crippen molar-refractivity contribution in [2.75, 3.05) is 6.54 Å². The number of unbranched alkanes of at least 4 members (excludes halogenated alkanes) is 1. The summed E-state index contributed by atoms with van der Waals surface area (Å²) >= 11 is 0. The number of hydrogen-bond donors (Lipinski definition) is 7. The van der Waals surface area contributed by atoms with Crippen LogP contribution in [0.5, 0.6) is 0 Å². The molecule has 12 nitrogen and oxygen atoms in total. The van der Waals surface area contributed by atoms with Crippen LogP contribution in [-0.4, -0.2) is 69.5 Å². The summed E-state index contributed by atoms with van der Waals surface area (Å²) in [7, 11) is 0. The molecule has 5 atom stereocenters. The first-order chi connectivity index (χ1) is 15.6. The number of aromatic nitrogens is 2. The quantitative estimate of drug-likeness (QED) is 0.159. The molecule has 186 valence electrons.